The summed E-state index contributed by atoms with van der Waals surface area (Å²) in [5, 5.41) is 15.9. The number of rotatable bonds is 4. The van der Waals surface area contributed by atoms with Crippen LogP contribution in [0.4, 0.5) is 5.69 Å². The number of aromatic nitrogens is 5. The Hall–Kier alpha value is -3.74. The maximum Gasteiger partial charge on any atom is 0.276 e. The van der Waals surface area contributed by atoms with Crippen molar-refractivity contribution < 1.29 is 4.79 Å². The van der Waals surface area contributed by atoms with Gasteiger partial charge in [-0.3, -0.25) is 4.79 Å². The van der Waals surface area contributed by atoms with E-state index >= 15 is 0 Å². The minimum absolute atomic E-state index is 0.199. The van der Waals surface area contributed by atoms with Crippen molar-refractivity contribution in [2.75, 3.05) is 5.32 Å². The van der Waals surface area contributed by atoms with Crippen molar-refractivity contribution in [1.82, 2.24) is 24.5 Å². The van der Waals surface area contributed by atoms with Gasteiger partial charge in [-0.2, -0.15) is 5.10 Å². The van der Waals surface area contributed by atoms with Crippen molar-refractivity contribution in [3.05, 3.63) is 77.4 Å². The van der Waals surface area contributed by atoms with E-state index in [0.717, 1.165) is 47.3 Å². The second-order valence-corrected chi connectivity index (χ2v) is 7.59. The van der Waals surface area contributed by atoms with Gasteiger partial charge in [-0.1, -0.05) is 30.3 Å². The number of para-hydroxylation sites is 2. The highest BCUT2D eigenvalue weighted by Crippen LogP contribution is 2.31. The van der Waals surface area contributed by atoms with Crippen LogP contribution in [0.2, 0.25) is 0 Å². The maximum absolute atomic E-state index is 13.3. The SMILES string of the molecule is Cc1ccccc1-n1nc(C(=O)Nc2ccccc2-c2nncn2C)c2c1CCC2. The average molecular weight is 398 g/mol. The predicted octanol–water partition coefficient (Wildman–Crippen LogP) is 3.72. The van der Waals surface area contributed by atoms with E-state index in [2.05, 4.69) is 28.5 Å². The molecule has 2 heterocycles. The van der Waals surface area contributed by atoms with Gasteiger partial charge in [0, 0.05) is 23.9 Å². The lowest BCUT2D eigenvalue weighted by molar-refractivity contribution is 0.102. The van der Waals surface area contributed by atoms with Crippen molar-refractivity contribution in [1.29, 1.82) is 0 Å². The molecule has 1 amide bonds. The minimum atomic E-state index is -0.199. The third-order valence-corrected chi connectivity index (χ3v) is 5.62. The van der Waals surface area contributed by atoms with Gasteiger partial charge in [-0.15, -0.1) is 10.2 Å². The fraction of sp³-hybridized carbons (Fsp3) is 0.217. The van der Waals surface area contributed by atoms with E-state index in [4.69, 9.17) is 5.10 Å². The molecule has 0 saturated heterocycles. The number of aryl methyl sites for hydroxylation is 2. The molecule has 1 aliphatic rings. The van der Waals surface area contributed by atoms with Crippen LogP contribution in [0.5, 0.6) is 0 Å². The zero-order valence-electron chi connectivity index (χ0n) is 17.0. The number of nitrogens with one attached hydrogen (secondary N) is 1. The number of carbonyl (C=O) groups is 1. The van der Waals surface area contributed by atoms with Crippen LogP contribution in [0.15, 0.2) is 54.9 Å². The van der Waals surface area contributed by atoms with Gasteiger partial charge in [0.1, 0.15) is 6.33 Å². The Kier molecular flexibility index (Phi) is 4.43. The smallest absolute Gasteiger partial charge is 0.276 e. The second kappa shape index (κ2) is 7.26. The van der Waals surface area contributed by atoms with Gasteiger partial charge in [0.2, 0.25) is 0 Å². The van der Waals surface area contributed by atoms with E-state index in [9.17, 15) is 4.79 Å². The number of hydrogen-bond acceptors (Lipinski definition) is 4. The number of hydrogen-bond donors (Lipinski definition) is 1. The Labute approximate surface area is 174 Å². The number of amides is 1. The minimum Gasteiger partial charge on any atom is -0.320 e. The molecule has 1 aliphatic carbocycles. The topological polar surface area (TPSA) is 77.6 Å². The first-order valence-electron chi connectivity index (χ1n) is 10.0. The number of nitrogens with zero attached hydrogens (tertiary/aromatic N) is 5. The zero-order chi connectivity index (χ0) is 20.7. The molecule has 2 aromatic heterocycles. The fourth-order valence-electron chi connectivity index (χ4n) is 4.12. The van der Waals surface area contributed by atoms with Gasteiger partial charge in [-0.05, 0) is 49.9 Å². The maximum atomic E-state index is 13.3. The monoisotopic (exact) mass is 398 g/mol. The van der Waals surface area contributed by atoms with Crippen LogP contribution in [0.3, 0.4) is 0 Å². The lowest BCUT2D eigenvalue weighted by Crippen LogP contribution is -2.16. The number of benzene rings is 2. The molecule has 0 fully saturated rings. The van der Waals surface area contributed by atoms with Gasteiger partial charge in [0.05, 0.1) is 11.4 Å². The zero-order valence-corrected chi connectivity index (χ0v) is 17.0. The van der Waals surface area contributed by atoms with Gasteiger partial charge in [-0.25, -0.2) is 4.68 Å². The highest BCUT2D eigenvalue weighted by Gasteiger charge is 2.28. The molecule has 5 rings (SSSR count). The normalized spacial score (nSPS) is 12.7. The van der Waals surface area contributed by atoms with Gasteiger partial charge in [0.25, 0.3) is 5.91 Å². The summed E-state index contributed by atoms with van der Waals surface area (Å²) in [5.41, 5.74) is 6.35. The molecule has 7 heteroatoms. The Morgan fingerprint density at radius 2 is 1.87 bits per heavy atom. The summed E-state index contributed by atoms with van der Waals surface area (Å²) >= 11 is 0. The van der Waals surface area contributed by atoms with E-state index in [1.165, 1.54) is 0 Å². The second-order valence-electron chi connectivity index (χ2n) is 7.59. The van der Waals surface area contributed by atoms with Crippen LogP contribution in [0.25, 0.3) is 17.1 Å². The van der Waals surface area contributed by atoms with Crippen LogP contribution >= 0.6 is 0 Å². The Morgan fingerprint density at radius 1 is 1.07 bits per heavy atom. The van der Waals surface area contributed by atoms with Crippen LogP contribution in [-0.4, -0.2) is 30.5 Å². The molecule has 0 bridgehead atoms. The number of anilines is 1. The van der Waals surface area contributed by atoms with Crippen LogP contribution in [0.1, 0.15) is 33.7 Å². The van der Waals surface area contributed by atoms with Crippen LogP contribution in [0, 0.1) is 6.92 Å². The van der Waals surface area contributed by atoms with Crippen LogP contribution in [-0.2, 0) is 19.9 Å². The number of carbonyl (C=O) groups excluding carboxylic acids is 1. The molecular formula is C23H22N6O. The third kappa shape index (κ3) is 2.99. The molecule has 0 unspecified atom stereocenters. The van der Waals surface area contributed by atoms with Crippen molar-refractivity contribution in [3.8, 4) is 17.1 Å². The van der Waals surface area contributed by atoms with E-state index in [0.29, 0.717) is 17.2 Å². The Morgan fingerprint density at radius 3 is 2.67 bits per heavy atom. The summed E-state index contributed by atoms with van der Waals surface area (Å²) in [5.74, 6) is 0.497. The molecule has 0 spiro atoms. The summed E-state index contributed by atoms with van der Waals surface area (Å²) in [6, 6.07) is 15.7. The molecule has 0 atom stereocenters. The standard InChI is InChI=1S/C23H22N6O/c1-15-8-3-6-12-19(15)29-20-13-7-10-17(20)21(27-29)23(30)25-18-11-5-4-9-16(18)22-26-24-14-28(22)2/h3-6,8-9,11-12,14H,7,10,13H2,1-2H3,(H,25,30). The number of fused-ring (bicyclic) bond motifs is 1. The lowest BCUT2D eigenvalue weighted by atomic mass is 10.1. The molecule has 30 heavy (non-hydrogen) atoms. The molecule has 2 aromatic carbocycles. The summed E-state index contributed by atoms with van der Waals surface area (Å²) in [6.45, 7) is 2.06. The van der Waals surface area contributed by atoms with E-state index < -0.39 is 0 Å². The largest absolute Gasteiger partial charge is 0.320 e. The third-order valence-electron chi connectivity index (χ3n) is 5.62. The summed E-state index contributed by atoms with van der Waals surface area (Å²) in [7, 11) is 1.88. The van der Waals surface area contributed by atoms with Crippen molar-refractivity contribution >= 4 is 11.6 Å². The first-order chi connectivity index (χ1) is 14.6. The molecule has 0 saturated carbocycles. The Bertz CT molecular complexity index is 1250. The first kappa shape index (κ1) is 18.3. The molecule has 150 valence electrons. The lowest BCUT2D eigenvalue weighted by Gasteiger charge is -2.10. The van der Waals surface area contributed by atoms with E-state index in [-0.39, 0.29) is 5.91 Å². The quantitative estimate of drug-likeness (QED) is 0.568. The van der Waals surface area contributed by atoms with Crippen molar-refractivity contribution in [2.24, 2.45) is 7.05 Å². The van der Waals surface area contributed by atoms with E-state index in [1.807, 2.05) is 58.8 Å². The molecule has 7 nitrogen and oxygen atoms in total. The molecular weight excluding hydrogens is 376 g/mol. The highest BCUT2D eigenvalue weighted by molar-refractivity contribution is 6.06. The van der Waals surface area contributed by atoms with E-state index in [1.54, 1.807) is 6.33 Å². The Balaban J connectivity index is 1.53. The molecule has 1 N–H and O–H groups in total. The molecule has 4 aromatic rings. The molecule has 0 radical (unpaired) electrons. The van der Waals surface area contributed by atoms with Crippen molar-refractivity contribution in [2.45, 2.75) is 26.2 Å². The van der Waals surface area contributed by atoms with Gasteiger partial charge >= 0.3 is 0 Å². The van der Waals surface area contributed by atoms with Crippen LogP contribution < -0.4 is 5.32 Å². The summed E-state index contributed by atoms with van der Waals surface area (Å²) in [4.78, 5) is 13.3. The van der Waals surface area contributed by atoms with Gasteiger partial charge in [0.15, 0.2) is 11.5 Å². The summed E-state index contributed by atoms with van der Waals surface area (Å²) in [6.07, 6.45) is 4.48. The summed E-state index contributed by atoms with van der Waals surface area (Å²) < 4.78 is 3.77. The van der Waals surface area contributed by atoms with Crippen molar-refractivity contribution in [3.63, 3.8) is 0 Å². The highest BCUT2D eigenvalue weighted by atomic mass is 16.2. The molecule has 0 aliphatic heterocycles. The average Bonchev–Trinajstić information content (AvgIpc) is 3.46. The predicted molar refractivity (Wildman–Crippen MR) is 115 cm³/mol. The fourth-order valence-corrected chi connectivity index (χ4v) is 4.12. The van der Waals surface area contributed by atoms with Gasteiger partial charge < -0.3 is 9.88 Å². The first-order valence-corrected chi connectivity index (χ1v) is 10.0.